The Bertz CT molecular complexity index is 797. The lowest BCUT2D eigenvalue weighted by Crippen LogP contribution is -1.90. The van der Waals surface area contributed by atoms with Crippen LogP contribution in [0, 0.1) is 11.6 Å². The molecule has 3 nitrogen and oxygen atoms in total. The van der Waals surface area contributed by atoms with E-state index in [0.717, 1.165) is 16.1 Å². The molecule has 106 valence electrons. The van der Waals surface area contributed by atoms with Crippen LogP contribution in [0.5, 0.6) is 0 Å². The minimum atomic E-state index is -0.690. The maximum absolute atomic E-state index is 13.4. The van der Waals surface area contributed by atoms with Gasteiger partial charge in [-0.2, -0.15) is 0 Å². The molecule has 0 spiro atoms. The Morgan fingerprint density at radius 2 is 1.71 bits per heavy atom. The van der Waals surface area contributed by atoms with Gasteiger partial charge in [-0.1, -0.05) is 39.3 Å². The van der Waals surface area contributed by atoms with Crippen LogP contribution in [-0.2, 0) is 0 Å². The normalized spacial score (nSPS) is 10.8. The van der Waals surface area contributed by atoms with Crippen molar-refractivity contribution < 1.29 is 13.3 Å². The quantitative estimate of drug-likeness (QED) is 0.732. The van der Waals surface area contributed by atoms with Crippen molar-refractivity contribution in [3.8, 4) is 22.4 Å². The zero-order chi connectivity index (χ0) is 15.0. The Labute approximate surface area is 127 Å². The molecule has 0 unspecified atom stereocenters. The second-order valence-corrected chi connectivity index (χ2v) is 5.26. The van der Waals surface area contributed by atoms with Crippen molar-refractivity contribution in [1.82, 2.24) is 5.16 Å². The predicted molar refractivity (Wildman–Crippen MR) is 79.4 cm³/mol. The monoisotopic (exact) mass is 350 g/mol. The van der Waals surface area contributed by atoms with Gasteiger partial charge in [0.1, 0.15) is 17.3 Å². The van der Waals surface area contributed by atoms with E-state index in [-0.39, 0.29) is 17.1 Å². The van der Waals surface area contributed by atoms with E-state index >= 15 is 0 Å². The van der Waals surface area contributed by atoms with Gasteiger partial charge in [0, 0.05) is 21.7 Å². The van der Waals surface area contributed by atoms with Gasteiger partial charge in [0.05, 0.1) is 5.56 Å². The molecule has 0 amide bonds. The second-order valence-electron chi connectivity index (χ2n) is 4.41. The first kappa shape index (κ1) is 13.8. The van der Waals surface area contributed by atoms with E-state index in [1.54, 1.807) is 0 Å². The Hall–Kier alpha value is -2.21. The van der Waals surface area contributed by atoms with E-state index < -0.39 is 11.6 Å². The largest absolute Gasteiger partial charge is 0.367 e. The van der Waals surface area contributed by atoms with Crippen LogP contribution in [0.3, 0.4) is 0 Å². The molecule has 2 aromatic carbocycles. The number of nitrogen functional groups attached to an aromatic ring is 1. The third-order valence-corrected chi connectivity index (χ3v) is 3.69. The first-order valence-electron chi connectivity index (χ1n) is 6.03. The number of hydrogen-bond acceptors (Lipinski definition) is 3. The first-order valence-corrected chi connectivity index (χ1v) is 6.82. The Morgan fingerprint density at radius 3 is 2.38 bits per heavy atom. The highest BCUT2D eigenvalue weighted by Crippen LogP contribution is 2.39. The molecule has 3 aromatic rings. The molecule has 1 aromatic heterocycles. The van der Waals surface area contributed by atoms with Gasteiger partial charge >= 0.3 is 0 Å². The molecular formula is C15H9BrF2N2O. The van der Waals surface area contributed by atoms with Gasteiger partial charge in [-0.05, 0) is 18.2 Å². The molecule has 1 heterocycles. The molecule has 0 aliphatic rings. The summed E-state index contributed by atoms with van der Waals surface area (Å²) in [6, 6.07) is 10.5. The van der Waals surface area contributed by atoms with Gasteiger partial charge in [-0.15, -0.1) is 0 Å². The van der Waals surface area contributed by atoms with Crippen LogP contribution in [0.15, 0.2) is 51.5 Å². The predicted octanol–water partition coefficient (Wildman–Crippen LogP) is 4.63. The smallest absolute Gasteiger partial charge is 0.230 e. The third kappa shape index (κ3) is 2.54. The highest BCUT2D eigenvalue weighted by molar-refractivity contribution is 9.10. The topological polar surface area (TPSA) is 52.0 Å². The average Bonchev–Trinajstić information content (AvgIpc) is 2.80. The Kier molecular flexibility index (Phi) is 3.47. The Morgan fingerprint density at radius 1 is 1.05 bits per heavy atom. The zero-order valence-electron chi connectivity index (χ0n) is 10.6. The van der Waals surface area contributed by atoms with Gasteiger partial charge in [0.2, 0.25) is 5.88 Å². The SMILES string of the molecule is Nc1onc(-c2cc(F)cc(F)c2)c1-c1ccccc1Br. The summed E-state index contributed by atoms with van der Waals surface area (Å²) in [6.07, 6.45) is 0. The second kappa shape index (κ2) is 5.29. The molecule has 0 bridgehead atoms. The summed E-state index contributed by atoms with van der Waals surface area (Å²) < 4.78 is 32.6. The molecule has 2 N–H and O–H groups in total. The standard InChI is InChI=1S/C15H9BrF2N2O/c16-12-4-2-1-3-11(12)13-14(20-21-15(13)19)8-5-9(17)7-10(18)6-8/h1-7H,19H2. The lowest BCUT2D eigenvalue weighted by molar-refractivity contribution is 0.439. The van der Waals surface area contributed by atoms with Crippen LogP contribution >= 0.6 is 15.9 Å². The molecule has 0 radical (unpaired) electrons. The molecule has 3 rings (SSSR count). The fourth-order valence-electron chi connectivity index (χ4n) is 2.11. The van der Waals surface area contributed by atoms with Crippen molar-refractivity contribution in [2.24, 2.45) is 0 Å². The van der Waals surface area contributed by atoms with E-state index in [9.17, 15) is 8.78 Å². The van der Waals surface area contributed by atoms with Crippen LogP contribution in [0.2, 0.25) is 0 Å². The number of benzene rings is 2. The summed E-state index contributed by atoms with van der Waals surface area (Å²) in [5, 5.41) is 3.83. The molecule has 6 heteroatoms. The Balaban J connectivity index is 2.24. The maximum Gasteiger partial charge on any atom is 0.230 e. The lowest BCUT2D eigenvalue weighted by atomic mass is 10.0. The van der Waals surface area contributed by atoms with Crippen molar-refractivity contribution >= 4 is 21.8 Å². The highest BCUT2D eigenvalue weighted by atomic mass is 79.9. The lowest BCUT2D eigenvalue weighted by Gasteiger charge is -2.05. The number of nitrogens with two attached hydrogens (primary N) is 1. The average molecular weight is 351 g/mol. The van der Waals surface area contributed by atoms with E-state index in [1.807, 2.05) is 24.3 Å². The summed E-state index contributed by atoms with van der Waals surface area (Å²) in [4.78, 5) is 0. The number of halogens is 3. The van der Waals surface area contributed by atoms with Crippen LogP contribution < -0.4 is 5.73 Å². The summed E-state index contributed by atoms with van der Waals surface area (Å²) in [7, 11) is 0. The summed E-state index contributed by atoms with van der Waals surface area (Å²) in [5.74, 6) is -1.30. The molecular weight excluding hydrogens is 342 g/mol. The van der Waals surface area contributed by atoms with Crippen molar-refractivity contribution in [3.05, 3.63) is 58.6 Å². The van der Waals surface area contributed by atoms with Crippen LogP contribution in [0.1, 0.15) is 0 Å². The van der Waals surface area contributed by atoms with Crippen LogP contribution in [0.4, 0.5) is 14.7 Å². The van der Waals surface area contributed by atoms with E-state index in [4.69, 9.17) is 10.3 Å². The summed E-state index contributed by atoms with van der Waals surface area (Å²) >= 11 is 3.41. The van der Waals surface area contributed by atoms with Crippen molar-refractivity contribution in [2.45, 2.75) is 0 Å². The molecule has 21 heavy (non-hydrogen) atoms. The van der Waals surface area contributed by atoms with Gasteiger partial charge in [0.15, 0.2) is 0 Å². The number of aromatic nitrogens is 1. The van der Waals surface area contributed by atoms with Gasteiger partial charge in [-0.3, -0.25) is 0 Å². The number of hydrogen-bond donors (Lipinski definition) is 1. The maximum atomic E-state index is 13.4. The summed E-state index contributed by atoms with van der Waals surface area (Å²) in [6.45, 7) is 0. The zero-order valence-corrected chi connectivity index (χ0v) is 12.2. The van der Waals surface area contributed by atoms with Crippen molar-refractivity contribution in [1.29, 1.82) is 0 Å². The number of anilines is 1. The van der Waals surface area contributed by atoms with E-state index in [2.05, 4.69) is 21.1 Å². The van der Waals surface area contributed by atoms with E-state index in [0.29, 0.717) is 5.56 Å². The minimum Gasteiger partial charge on any atom is -0.367 e. The molecule has 0 aliphatic carbocycles. The number of rotatable bonds is 2. The first-order chi connectivity index (χ1) is 10.1. The van der Waals surface area contributed by atoms with Gasteiger partial charge < -0.3 is 10.3 Å². The molecule has 0 aliphatic heterocycles. The molecule has 0 atom stereocenters. The fraction of sp³-hybridized carbons (Fsp3) is 0. The van der Waals surface area contributed by atoms with Gasteiger partial charge in [0.25, 0.3) is 0 Å². The summed E-state index contributed by atoms with van der Waals surface area (Å²) in [5.41, 5.74) is 7.60. The third-order valence-electron chi connectivity index (χ3n) is 3.00. The van der Waals surface area contributed by atoms with Crippen LogP contribution in [-0.4, -0.2) is 5.16 Å². The van der Waals surface area contributed by atoms with Crippen LogP contribution in [0.25, 0.3) is 22.4 Å². The fourth-order valence-corrected chi connectivity index (χ4v) is 2.60. The number of nitrogens with zero attached hydrogens (tertiary/aromatic N) is 1. The highest BCUT2D eigenvalue weighted by Gasteiger charge is 2.20. The minimum absolute atomic E-state index is 0.0848. The molecule has 0 fully saturated rings. The van der Waals surface area contributed by atoms with Gasteiger partial charge in [-0.25, -0.2) is 8.78 Å². The van der Waals surface area contributed by atoms with E-state index in [1.165, 1.54) is 12.1 Å². The molecule has 0 saturated heterocycles. The molecule has 0 saturated carbocycles. The van der Waals surface area contributed by atoms with Crippen molar-refractivity contribution in [3.63, 3.8) is 0 Å². The van der Waals surface area contributed by atoms with Crippen molar-refractivity contribution in [2.75, 3.05) is 5.73 Å².